The summed E-state index contributed by atoms with van der Waals surface area (Å²) < 4.78 is 103. The number of pyridine rings is 2. The zero-order valence-electron chi connectivity index (χ0n) is 47.2. The summed E-state index contributed by atoms with van der Waals surface area (Å²) in [6, 6.07) is 52.6. The quantitative estimate of drug-likeness (QED) is 0.0865. The summed E-state index contributed by atoms with van der Waals surface area (Å²) in [5.41, 5.74) is 6.14. The van der Waals surface area contributed by atoms with Gasteiger partial charge in [-0.3, -0.25) is 0 Å². The molecule has 0 saturated carbocycles. The van der Waals surface area contributed by atoms with Crippen LogP contribution in [0.4, 0.5) is 0 Å². The molecule has 0 saturated heterocycles. The van der Waals surface area contributed by atoms with Gasteiger partial charge in [0, 0.05) is 59.7 Å². The SMILES string of the molecule is [2H]C([2H])([2H])c1ccc(-c2[c-]cc(C([2H])([2H])[2H])c(-c3ccccc3)c2)nc1.[2H]C([2H])([2H])c1cnc(-c2[c-]ccc3c2oc2c3ccc3ccc4ccccc4c32)cc1-c1ccc([Si](CC)(CC)CC)cc1C([2H])([2H])[2H].[Ir]. The van der Waals surface area contributed by atoms with E-state index in [2.05, 4.69) is 79.3 Å². The molecule has 1 radical (unpaired) electrons. The van der Waals surface area contributed by atoms with E-state index in [9.17, 15) is 0 Å². The Hall–Kier alpha value is -5.97. The minimum absolute atomic E-state index is 0. The maximum atomic E-state index is 8.54. The van der Waals surface area contributed by atoms with Gasteiger partial charge in [0.25, 0.3) is 0 Å². The maximum Gasteiger partial charge on any atom is 0.129 e. The van der Waals surface area contributed by atoms with Crippen LogP contribution in [0.1, 0.15) is 59.5 Å². The van der Waals surface area contributed by atoms with Crippen LogP contribution in [0.15, 0.2) is 156 Å². The fourth-order valence-corrected chi connectivity index (χ4v) is 12.4. The summed E-state index contributed by atoms with van der Waals surface area (Å²) in [6.07, 6.45) is 2.67. The Labute approximate surface area is 403 Å². The summed E-state index contributed by atoms with van der Waals surface area (Å²) in [5.74, 6) is 0. The summed E-state index contributed by atoms with van der Waals surface area (Å²) in [6.45, 7) is -2.89. The second-order valence-corrected chi connectivity index (χ2v) is 21.0. The topological polar surface area (TPSA) is 38.9 Å². The number of hydrogen-bond donors (Lipinski definition) is 0. The van der Waals surface area contributed by atoms with Gasteiger partial charge in [0.05, 0.1) is 13.7 Å². The molecule has 3 heterocycles. The molecule has 7 aromatic carbocycles. The van der Waals surface area contributed by atoms with Gasteiger partial charge in [-0.05, 0) is 81.5 Å². The zero-order chi connectivity index (χ0) is 53.0. The van der Waals surface area contributed by atoms with Crippen molar-refractivity contribution in [3.05, 3.63) is 186 Å². The van der Waals surface area contributed by atoms with E-state index in [-0.39, 0.29) is 42.4 Å². The number of aromatic nitrogens is 2. The Morgan fingerprint density at radius 3 is 2.08 bits per heavy atom. The second kappa shape index (κ2) is 18.4. The van der Waals surface area contributed by atoms with Gasteiger partial charge in [-0.25, -0.2) is 0 Å². The van der Waals surface area contributed by atoms with E-state index in [1.54, 1.807) is 18.2 Å². The van der Waals surface area contributed by atoms with Gasteiger partial charge in [-0.2, -0.15) is 0 Å². The molecule has 0 spiro atoms. The molecule has 10 rings (SSSR count). The molecule has 0 aliphatic rings. The van der Waals surface area contributed by atoms with Crippen LogP contribution >= 0.6 is 0 Å². The monoisotopic (exact) mass is 1030 g/mol. The van der Waals surface area contributed by atoms with Crippen LogP contribution in [-0.2, 0) is 20.1 Å². The third kappa shape index (κ3) is 8.22. The normalized spacial score (nSPS) is 15.1. The fraction of sp³-hybridized carbons (Fsp3) is 0.172. The van der Waals surface area contributed by atoms with Crippen molar-refractivity contribution < 1.29 is 41.0 Å². The van der Waals surface area contributed by atoms with Crippen LogP contribution in [0.25, 0.3) is 88.3 Å². The first-order valence-corrected chi connectivity index (χ1v) is 23.6. The number of benzene rings is 7. The smallest absolute Gasteiger partial charge is 0.129 e. The van der Waals surface area contributed by atoms with Gasteiger partial charge in [-0.15, -0.1) is 47.5 Å². The van der Waals surface area contributed by atoms with E-state index in [1.165, 1.54) is 24.5 Å². The van der Waals surface area contributed by atoms with Crippen molar-refractivity contribution in [1.29, 1.82) is 0 Å². The fourth-order valence-electron chi connectivity index (χ4n) is 8.81. The number of aryl methyl sites for hydroxylation is 4. The molecule has 0 aliphatic carbocycles. The zero-order valence-corrected chi connectivity index (χ0v) is 38.6. The summed E-state index contributed by atoms with van der Waals surface area (Å²) in [4.78, 5) is 8.85. The first-order valence-electron chi connectivity index (χ1n) is 27.0. The Bertz CT molecular complexity index is 3690. The van der Waals surface area contributed by atoms with Crippen LogP contribution in [0.2, 0.25) is 18.1 Å². The van der Waals surface area contributed by atoms with Gasteiger partial charge in [0.2, 0.25) is 0 Å². The van der Waals surface area contributed by atoms with E-state index >= 15 is 0 Å². The van der Waals surface area contributed by atoms with Crippen LogP contribution < -0.4 is 5.19 Å². The molecule has 315 valence electrons. The number of furan rings is 1. The first kappa shape index (κ1) is 31.0. The molecule has 0 unspecified atom stereocenters. The summed E-state index contributed by atoms with van der Waals surface area (Å²) >= 11 is 0. The standard InChI is InChI=1S/C39H36NOSi.C19H16N.Ir/c1-6-42(7-2,8-3)29-19-21-30(25(4)22-29)35-23-36(40-24-26(35)5)34-15-11-14-32-33-20-18-28-17-16-27-12-9-10-13-31(27)37(28)39(33)41-38(32)34;1-14-8-11-19(20-13-14)17-10-9-15(2)18(12-17)16-6-4-3-5-7-16;/h9-14,16-24H,6-8H2,1-5H3;3-9,11-13H,1-2H3;/q2*-1;/i4D3,5D3;1D3,2D3;. The molecule has 0 N–H and O–H groups in total. The Morgan fingerprint density at radius 2 is 1.32 bits per heavy atom. The van der Waals surface area contributed by atoms with Crippen molar-refractivity contribution in [3.8, 4) is 44.8 Å². The molecule has 3 nitrogen and oxygen atoms in total. The van der Waals surface area contributed by atoms with Crippen molar-refractivity contribution in [2.24, 2.45) is 0 Å². The van der Waals surface area contributed by atoms with E-state index in [0.29, 0.717) is 44.8 Å². The predicted molar refractivity (Wildman–Crippen MR) is 266 cm³/mol. The van der Waals surface area contributed by atoms with Gasteiger partial charge >= 0.3 is 0 Å². The molecule has 0 atom stereocenters. The van der Waals surface area contributed by atoms with Crippen LogP contribution in [-0.4, -0.2) is 18.0 Å². The summed E-state index contributed by atoms with van der Waals surface area (Å²) in [7, 11) is -1.92. The predicted octanol–water partition coefficient (Wildman–Crippen LogP) is 15.6. The van der Waals surface area contributed by atoms with Gasteiger partial charge in [-0.1, -0.05) is 183 Å². The van der Waals surface area contributed by atoms with Gasteiger partial charge in [0.15, 0.2) is 0 Å². The average molecular weight is 1030 g/mol. The second-order valence-electron chi connectivity index (χ2n) is 15.7. The van der Waals surface area contributed by atoms with E-state index in [4.69, 9.17) is 20.9 Å². The molecular formula is C58H52IrN2OSi-2. The van der Waals surface area contributed by atoms with Crippen LogP contribution in [0.3, 0.4) is 0 Å². The summed E-state index contributed by atoms with van der Waals surface area (Å²) in [5, 5.41) is 7.24. The van der Waals surface area contributed by atoms with Gasteiger partial charge < -0.3 is 14.4 Å². The maximum absolute atomic E-state index is 8.54. The van der Waals surface area contributed by atoms with E-state index < -0.39 is 35.5 Å². The molecule has 0 aliphatic heterocycles. The molecule has 0 amide bonds. The molecule has 63 heavy (non-hydrogen) atoms. The van der Waals surface area contributed by atoms with Crippen molar-refractivity contribution in [1.82, 2.24) is 9.97 Å². The third-order valence-electron chi connectivity index (χ3n) is 12.5. The molecule has 10 aromatic rings. The molecule has 5 heteroatoms. The number of hydrogen-bond acceptors (Lipinski definition) is 3. The number of rotatable bonds is 8. The Balaban J connectivity index is 0.000000234. The molecule has 0 bridgehead atoms. The average Bonchev–Trinajstić information content (AvgIpc) is 3.78. The largest absolute Gasteiger partial charge is 0.500 e. The molecule has 0 fully saturated rings. The Kier molecular flexibility index (Phi) is 9.04. The first-order chi connectivity index (χ1) is 35.1. The van der Waals surface area contributed by atoms with Crippen molar-refractivity contribution in [2.45, 2.75) is 66.3 Å². The number of fused-ring (bicyclic) bond motifs is 7. The van der Waals surface area contributed by atoms with Crippen molar-refractivity contribution >= 4 is 56.7 Å². The van der Waals surface area contributed by atoms with E-state index in [1.807, 2.05) is 72.8 Å². The Morgan fingerprint density at radius 1 is 0.571 bits per heavy atom. The van der Waals surface area contributed by atoms with Crippen molar-refractivity contribution in [3.63, 3.8) is 0 Å². The van der Waals surface area contributed by atoms with Crippen LogP contribution in [0, 0.1) is 39.5 Å². The number of nitrogens with zero attached hydrogens (tertiary/aromatic N) is 2. The molecular weight excluding hydrogens is 961 g/mol. The minimum atomic E-state index is -2.52. The minimum Gasteiger partial charge on any atom is -0.500 e. The third-order valence-corrected chi connectivity index (χ3v) is 18.1. The van der Waals surface area contributed by atoms with Crippen molar-refractivity contribution in [2.75, 3.05) is 0 Å². The van der Waals surface area contributed by atoms with Crippen LogP contribution in [0.5, 0.6) is 0 Å². The van der Waals surface area contributed by atoms with Gasteiger partial charge in [0.1, 0.15) is 5.58 Å². The van der Waals surface area contributed by atoms with E-state index in [0.717, 1.165) is 66.8 Å². The molecule has 3 aromatic heterocycles.